The van der Waals surface area contributed by atoms with Gasteiger partial charge in [0.15, 0.2) is 0 Å². The molecule has 0 heterocycles. The Morgan fingerprint density at radius 1 is 1.33 bits per heavy atom. The molecule has 21 heavy (non-hydrogen) atoms. The number of ether oxygens (including phenoxy) is 1. The number of nitrogens with one attached hydrogen (secondary N) is 1. The summed E-state index contributed by atoms with van der Waals surface area (Å²) in [6.07, 6.45) is 0. The molecule has 2 rings (SSSR count). The summed E-state index contributed by atoms with van der Waals surface area (Å²) in [6, 6.07) is 9.30. The van der Waals surface area contributed by atoms with Gasteiger partial charge in [0.25, 0.3) is 0 Å². The Morgan fingerprint density at radius 3 is 2.71 bits per heavy atom. The number of amides is 1. The van der Waals surface area contributed by atoms with Crippen LogP contribution in [0.5, 0.6) is 5.75 Å². The summed E-state index contributed by atoms with van der Waals surface area (Å²) in [7, 11) is 1.53. The Bertz CT molecular complexity index is 677. The molecule has 0 saturated carbocycles. The zero-order chi connectivity index (χ0) is 15.4. The summed E-state index contributed by atoms with van der Waals surface area (Å²) in [6.45, 7) is 0.401. The number of hydrogen-bond acceptors (Lipinski definition) is 3. The molecule has 0 radical (unpaired) electrons. The van der Waals surface area contributed by atoms with Crippen LogP contribution in [0.2, 0.25) is 5.02 Å². The summed E-state index contributed by atoms with van der Waals surface area (Å²) in [4.78, 5) is 11.2. The molecule has 0 aliphatic rings. The van der Waals surface area contributed by atoms with Gasteiger partial charge >= 0.3 is 0 Å². The van der Waals surface area contributed by atoms with Crippen molar-refractivity contribution < 1.29 is 13.9 Å². The quantitative estimate of drug-likeness (QED) is 0.891. The highest BCUT2D eigenvalue weighted by molar-refractivity contribution is 6.30. The lowest BCUT2D eigenvalue weighted by atomic mass is 10.1. The maximum atomic E-state index is 13.1. The van der Waals surface area contributed by atoms with E-state index in [-0.39, 0.29) is 5.02 Å². The van der Waals surface area contributed by atoms with Crippen molar-refractivity contribution >= 4 is 23.2 Å². The molecule has 1 amide bonds. The van der Waals surface area contributed by atoms with Crippen molar-refractivity contribution in [1.82, 2.24) is 0 Å². The first-order valence-electron chi connectivity index (χ1n) is 6.17. The van der Waals surface area contributed by atoms with E-state index in [2.05, 4.69) is 5.32 Å². The summed E-state index contributed by atoms with van der Waals surface area (Å²) in [5, 5.41) is 3.17. The number of carbonyl (C=O) groups excluding carboxylic acids is 1. The predicted octanol–water partition coefficient (Wildman–Crippen LogP) is 3.20. The maximum absolute atomic E-state index is 13.1. The van der Waals surface area contributed by atoms with Crippen molar-refractivity contribution in [3.8, 4) is 5.75 Å². The largest absolute Gasteiger partial charge is 0.495 e. The van der Waals surface area contributed by atoms with E-state index in [1.54, 1.807) is 24.3 Å². The minimum atomic E-state index is -0.523. The molecule has 6 heteroatoms. The minimum Gasteiger partial charge on any atom is -0.495 e. The van der Waals surface area contributed by atoms with Gasteiger partial charge in [0.1, 0.15) is 11.6 Å². The number of halogens is 2. The van der Waals surface area contributed by atoms with Crippen molar-refractivity contribution in [2.24, 2.45) is 5.73 Å². The molecule has 0 aromatic heterocycles. The van der Waals surface area contributed by atoms with Gasteiger partial charge < -0.3 is 15.8 Å². The lowest BCUT2D eigenvalue weighted by molar-refractivity contribution is 0.100. The monoisotopic (exact) mass is 308 g/mol. The number of primary amides is 1. The Kier molecular flexibility index (Phi) is 4.65. The highest BCUT2D eigenvalue weighted by atomic mass is 35.5. The SMILES string of the molecule is COc1ccc(C(N)=O)cc1NCc1ccc(F)c(Cl)c1. The molecule has 110 valence electrons. The Labute approximate surface area is 126 Å². The molecule has 4 nitrogen and oxygen atoms in total. The maximum Gasteiger partial charge on any atom is 0.248 e. The number of anilines is 1. The second kappa shape index (κ2) is 6.45. The number of methoxy groups -OCH3 is 1. The fraction of sp³-hybridized carbons (Fsp3) is 0.133. The van der Waals surface area contributed by atoms with E-state index in [9.17, 15) is 9.18 Å². The highest BCUT2D eigenvalue weighted by Gasteiger charge is 2.08. The molecule has 0 unspecified atom stereocenters. The fourth-order valence-corrected chi connectivity index (χ4v) is 2.05. The molecule has 2 aromatic rings. The van der Waals surface area contributed by atoms with Gasteiger partial charge in [-0.1, -0.05) is 17.7 Å². The van der Waals surface area contributed by atoms with Crippen molar-refractivity contribution in [2.45, 2.75) is 6.54 Å². The first-order chi connectivity index (χ1) is 10.0. The zero-order valence-corrected chi connectivity index (χ0v) is 12.1. The highest BCUT2D eigenvalue weighted by Crippen LogP contribution is 2.26. The van der Waals surface area contributed by atoms with Crippen molar-refractivity contribution in [1.29, 1.82) is 0 Å². The van der Waals surface area contributed by atoms with Crippen LogP contribution in [0.15, 0.2) is 36.4 Å². The molecule has 0 aliphatic carbocycles. The summed E-state index contributed by atoms with van der Waals surface area (Å²) in [5.41, 5.74) is 7.04. The Morgan fingerprint density at radius 2 is 2.10 bits per heavy atom. The second-order valence-corrected chi connectivity index (χ2v) is 4.79. The Balaban J connectivity index is 2.19. The predicted molar refractivity (Wildman–Crippen MR) is 80.2 cm³/mol. The Hall–Kier alpha value is -2.27. The second-order valence-electron chi connectivity index (χ2n) is 4.38. The third kappa shape index (κ3) is 3.64. The van der Waals surface area contributed by atoms with Gasteiger partial charge in [-0.15, -0.1) is 0 Å². The zero-order valence-electron chi connectivity index (χ0n) is 11.3. The molecule has 0 spiro atoms. The topological polar surface area (TPSA) is 64.3 Å². The summed E-state index contributed by atoms with van der Waals surface area (Å²) in [5.74, 6) is -0.410. The molecule has 0 bridgehead atoms. The van der Waals surface area contributed by atoms with E-state index < -0.39 is 11.7 Å². The lowest BCUT2D eigenvalue weighted by Crippen LogP contribution is -2.11. The van der Waals surface area contributed by atoms with Crippen LogP contribution >= 0.6 is 11.6 Å². The minimum absolute atomic E-state index is 0.0622. The first-order valence-corrected chi connectivity index (χ1v) is 6.54. The third-order valence-corrected chi connectivity index (χ3v) is 3.24. The van der Waals surface area contributed by atoms with E-state index in [0.717, 1.165) is 5.56 Å². The average Bonchev–Trinajstić information content (AvgIpc) is 2.48. The molecule has 0 saturated heterocycles. The average molecular weight is 309 g/mol. The van der Waals surface area contributed by atoms with Crippen LogP contribution in [0.3, 0.4) is 0 Å². The van der Waals surface area contributed by atoms with Gasteiger partial charge in [-0.3, -0.25) is 4.79 Å². The van der Waals surface area contributed by atoms with Gasteiger partial charge in [-0.05, 0) is 35.9 Å². The molecule has 2 aromatic carbocycles. The smallest absolute Gasteiger partial charge is 0.248 e. The van der Waals surface area contributed by atoms with Crippen LogP contribution in [-0.4, -0.2) is 13.0 Å². The van der Waals surface area contributed by atoms with Gasteiger partial charge in [0.05, 0.1) is 17.8 Å². The van der Waals surface area contributed by atoms with E-state index in [1.165, 1.54) is 19.2 Å². The molecule has 0 aliphatic heterocycles. The van der Waals surface area contributed by atoms with Crippen LogP contribution in [0.4, 0.5) is 10.1 Å². The van der Waals surface area contributed by atoms with Gasteiger partial charge in [0.2, 0.25) is 5.91 Å². The van der Waals surface area contributed by atoms with Crippen LogP contribution in [0, 0.1) is 5.82 Å². The normalized spacial score (nSPS) is 10.2. The van der Waals surface area contributed by atoms with E-state index >= 15 is 0 Å². The number of benzene rings is 2. The number of carbonyl (C=O) groups is 1. The molecule has 3 N–H and O–H groups in total. The standard InChI is InChI=1S/C15H14ClFN2O2/c1-21-14-5-3-10(15(18)20)7-13(14)19-8-9-2-4-12(17)11(16)6-9/h2-7,19H,8H2,1H3,(H2,18,20). The summed E-state index contributed by atoms with van der Waals surface area (Å²) >= 11 is 5.73. The number of rotatable bonds is 5. The fourth-order valence-electron chi connectivity index (χ4n) is 1.85. The summed E-state index contributed by atoms with van der Waals surface area (Å²) < 4.78 is 18.3. The molecular weight excluding hydrogens is 295 g/mol. The molecule has 0 fully saturated rings. The van der Waals surface area contributed by atoms with Crippen molar-refractivity contribution in [3.63, 3.8) is 0 Å². The van der Waals surface area contributed by atoms with Crippen LogP contribution in [0.1, 0.15) is 15.9 Å². The van der Waals surface area contributed by atoms with Crippen molar-refractivity contribution in [3.05, 3.63) is 58.4 Å². The van der Waals surface area contributed by atoms with Crippen LogP contribution in [0.25, 0.3) is 0 Å². The third-order valence-electron chi connectivity index (χ3n) is 2.95. The van der Waals surface area contributed by atoms with Gasteiger partial charge in [-0.25, -0.2) is 4.39 Å². The first kappa shape index (κ1) is 15.1. The van der Waals surface area contributed by atoms with E-state index in [0.29, 0.717) is 23.5 Å². The van der Waals surface area contributed by atoms with Crippen molar-refractivity contribution in [2.75, 3.05) is 12.4 Å². The number of nitrogens with two attached hydrogens (primary N) is 1. The molecule has 0 atom stereocenters. The van der Waals surface area contributed by atoms with E-state index in [1.807, 2.05) is 0 Å². The lowest BCUT2D eigenvalue weighted by Gasteiger charge is -2.12. The van der Waals surface area contributed by atoms with Gasteiger partial charge in [0, 0.05) is 12.1 Å². The van der Waals surface area contributed by atoms with Gasteiger partial charge in [-0.2, -0.15) is 0 Å². The number of hydrogen-bond donors (Lipinski definition) is 2. The van der Waals surface area contributed by atoms with E-state index in [4.69, 9.17) is 22.1 Å². The van der Waals surface area contributed by atoms with Crippen LogP contribution < -0.4 is 15.8 Å². The molecular formula is C15H14ClFN2O2. The van der Waals surface area contributed by atoms with Crippen LogP contribution in [-0.2, 0) is 6.54 Å².